The molecule has 0 atom stereocenters. The Hall–Kier alpha value is -4.63. The van der Waals surface area contributed by atoms with Crippen LogP contribution in [0.5, 0.6) is 5.75 Å². The summed E-state index contributed by atoms with van der Waals surface area (Å²) in [5.41, 5.74) is 2.79. The van der Waals surface area contributed by atoms with Crippen molar-refractivity contribution in [1.29, 1.82) is 0 Å². The summed E-state index contributed by atoms with van der Waals surface area (Å²) in [6.07, 6.45) is 3.56. The molecule has 0 saturated heterocycles. The lowest BCUT2D eigenvalue weighted by Gasteiger charge is -2.26. The van der Waals surface area contributed by atoms with Crippen LogP contribution >= 0.6 is 11.6 Å². The molecule has 4 rings (SSSR count). The van der Waals surface area contributed by atoms with Gasteiger partial charge in [-0.1, -0.05) is 35.9 Å². The molecule has 1 heterocycles. The highest BCUT2D eigenvalue weighted by Crippen LogP contribution is 2.32. The van der Waals surface area contributed by atoms with Gasteiger partial charge in [0.15, 0.2) is 12.2 Å². The molecule has 10 heteroatoms. The third-order valence-corrected chi connectivity index (χ3v) is 6.23. The van der Waals surface area contributed by atoms with Crippen molar-refractivity contribution in [3.05, 3.63) is 95.5 Å². The Labute approximate surface area is 236 Å². The molecule has 206 valence electrons. The molecule has 3 aromatic carbocycles. The molecule has 4 aromatic rings. The molecule has 0 saturated carbocycles. The zero-order valence-corrected chi connectivity index (χ0v) is 23.0. The number of nitrogens with zero attached hydrogens (tertiary/aromatic N) is 1. The van der Waals surface area contributed by atoms with Gasteiger partial charge in [-0.2, -0.15) is 0 Å². The van der Waals surface area contributed by atoms with E-state index in [4.69, 9.17) is 20.8 Å². The van der Waals surface area contributed by atoms with Crippen molar-refractivity contribution >= 4 is 40.7 Å². The molecular weight excluding hydrogens is 532 g/mol. The van der Waals surface area contributed by atoms with Crippen molar-refractivity contribution in [3.63, 3.8) is 0 Å². The van der Waals surface area contributed by atoms with Gasteiger partial charge in [-0.15, -0.1) is 0 Å². The normalized spacial score (nSPS) is 11.0. The van der Waals surface area contributed by atoms with Crippen LogP contribution in [0.2, 0.25) is 5.02 Å². The van der Waals surface area contributed by atoms with E-state index >= 15 is 0 Å². The van der Waals surface area contributed by atoms with Gasteiger partial charge in [0, 0.05) is 28.0 Å². The maximum absolute atomic E-state index is 12.7. The molecule has 3 N–H and O–H groups in total. The Morgan fingerprint density at radius 1 is 0.900 bits per heavy atom. The summed E-state index contributed by atoms with van der Waals surface area (Å²) in [4.78, 5) is 41.5. The maximum Gasteiger partial charge on any atom is 0.313 e. The Kier molecular flexibility index (Phi) is 8.86. The summed E-state index contributed by atoms with van der Waals surface area (Å²) in [6, 6.07) is 19.4. The third kappa shape index (κ3) is 7.70. The maximum atomic E-state index is 12.7. The number of aromatic nitrogens is 1. The number of ether oxygens (including phenoxy) is 1. The number of nitrogens with one attached hydrogen (secondary N) is 3. The second-order valence-corrected chi connectivity index (χ2v) is 10.2. The molecule has 0 spiro atoms. The predicted molar refractivity (Wildman–Crippen MR) is 153 cm³/mol. The number of rotatable bonds is 9. The summed E-state index contributed by atoms with van der Waals surface area (Å²) >= 11 is 5.89. The molecule has 0 aliphatic heterocycles. The van der Waals surface area contributed by atoms with Gasteiger partial charge in [0.05, 0.1) is 25.3 Å². The Morgan fingerprint density at radius 3 is 2.23 bits per heavy atom. The molecule has 0 aliphatic carbocycles. The number of carbonyl (C=O) groups excluding carboxylic acids is 3. The van der Waals surface area contributed by atoms with Crippen molar-refractivity contribution < 1.29 is 23.5 Å². The number of hydrogen-bond donors (Lipinski definition) is 3. The molecule has 40 heavy (non-hydrogen) atoms. The summed E-state index contributed by atoms with van der Waals surface area (Å²) in [7, 11) is 1.50. The number of methoxy groups -OCH3 is 1. The summed E-state index contributed by atoms with van der Waals surface area (Å²) in [6.45, 7) is 3.66. The molecular formula is C30H29ClN4O5. The van der Waals surface area contributed by atoms with Gasteiger partial charge >= 0.3 is 11.8 Å². The highest BCUT2D eigenvalue weighted by atomic mass is 35.5. The minimum Gasteiger partial charge on any atom is -0.496 e. The predicted octanol–water partition coefficient (Wildman–Crippen LogP) is 5.26. The monoisotopic (exact) mass is 560 g/mol. The minimum absolute atomic E-state index is 0.140. The quantitative estimate of drug-likeness (QED) is 0.240. The minimum atomic E-state index is -0.804. The van der Waals surface area contributed by atoms with Gasteiger partial charge in [-0.3, -0.25) is 14.4 Å². The molecule has 0 aliphatic rings. The number of benzene rings is 3. The average Bonchev–Trinajstić information content (AvgIpc) is 3.45. The van der Waals surface area contributed by atoms with Gasteiger partial charge in [0.1, 0.15) is 5.75 Å². The van der Waals surface area contributed by atoms with Crippen LogP contribution in [0.3, 0.4) is 0 Å². The second-order valence-electron chi connectivity index (χ2n) is 9.80. The van der Waals surface area contributed by atoms with Crippen molar-refractivity contribution in [2.24, 2.45) is 0 Å². The molecule has 3 amide bonds. The first kappa shape index (κ1) is 28.4. The van der Waals surface area contributed by atoms with Gasteiger partial charge < -0.3 is 25.1 Å². The number of hydrogen-bond acceptors (Lipinski definition) is 6. The van der Waals surface area contributed by atoms with Crippen molar-refractivity contribution in [2.75, 3.05) is 17.7 Å². The zero-order valence-electron chi connectivity index (χ0n) is 22.3. The fourth-order valence-corrected chi connectivity index (χ4v) is 4.25. The number of anilines is 2. The summed E-state index contributed by atoms with van der Waals surface area (Å²) in [5, 5.41) is 8.87. The van der Waals surface area contributed by atoms with E-state index in [1.807, 2.05) is 38.1 Å². The zero-order chi connectivity index (χ0) is 28.7. The van der Waals surface area contributed by atoms with E-state index in [1.54, 1.807) is 48.7 Å². The molecule has 0 fully saturated rings. The van der Waals surface area contributed by atoms with Crippen LogP contribution in [-0.4, -0.2) is 35.4 Å². The van der Waals surface area contributed by atoms with E-state index in [0.717, 1.165) is 11.1 Å². The van der Waals surface area contributed by atoms with E-state index < -0.39 is 17.4 Å². The van der Waals surface area contributed by atoms with E-state index in [1.165, 1.54) is 13.5 Å². The largest absolute Gasteiger partial charge is 0.496 e. The summed E-state index contributed by atoms with van der Waals surface area (Å²) < 4.78 is 10.7. The van der Waals surface area contributed by atoms with E-state index in [9.17, 15) is 14.4 Å². The van der Waals surface area contributed by atoms with E-state index in [-0.39, 0.29) is 12.3 Å². The SMILES string of the molecule is COc1cc(NC(=O)C(=O)NC(C)(C)Cc2ccc(NC(=O)Cc3ccc(Cl)cc3)cc2)ccc1-c1cnco1. The average molecular weight is 561 g/mol. The van der Waals surface area contributed by atoms with Gasteiger partial charge in [-0.25, -0.2) is 4.98 Å². The lowest BCUT2D eigenvalue weighted by Crippen LogP contribution is -2.49. The Bertz CT molecular complexity index is 1480. The first-order valence-electron chi connectivity index (χ1n) is 12.5. The number of amides is 3. The number of halogens is 1. The third-order valence-electron chi connectivity index (χ3n) is 5.98. The molecule has 0 radical (unpaired) electrons. The Morgan fingerprint density at radius 2 is 1.57 bits per heavy atom. The van der Waals surface area contributed by atoms with Gasteiger partial charge in [0.25, 0.3) is 0 Å². The number of oxazole rings is 1. The summed E-state index contributed by atoms with van der Waals surface area (Å²) in [5.74, 6) is -0.739. The second kappa shape index (κ2) is 12.5. The van der Waals surface area contributed by atoms with Gasteiger partial charge in [-0.05, 0) is 67.8 Å². The van der Waals surface area contributed by atoms with E-state index in [2.05, 4.69) is 20.9 Å². The van der Waals surface area contributed by atoms with Crippen molar-refractivity contribution in [1.82, 2.24) is 10.3 Å². The highest BCUT2D eigenvalue weighted by molar-refractivity contribution is 6.39. The van der Waals surface area contributed by atoms with Crippen LogP contribution in [0.1, 0.15) is 25.0 Å². The first-order valence-corrected chi connectivity index (χ1v) is 12.8. The van der Waals surface area contributed by atoms with Crippen LogP contribution in [0.25, 0.3) is 11.3 Å². The van der Waals surface area contributed by atoms with Crippen LogP contribution in [0, 0.1) is 0 Å². The Balaban J connectivity index is 1.30. The fraction of sp³-hybridized carbons (Fsp3) is 0.200. The van der Waals surface area contributed by atoms with E-state index in [0.29, 0.717) is 39.9 Å². The van der Waals surface area contributed by atoms with Crippen LogP contribution in [-0.2, 0) is 27.2 Å². The lowest BCUT2D eigenvalue weighted by molar-refractivity contribution is -0.137. The van der Waals surface area contributed by atoms with Crippen LogP contribution in [0.4, 0.5) is 11.4 Å². The van der Waals surface area contributed by atoms with Crippen molar-refractivity contribution in [2.45, 2.75) is 32.2 Å². The van der Waals surface area contributed by atoms with Gasteiger partial charge in [0.2, 0.25) is 5.91 Å². The highest BCUT2D eigenvalue weighted by Gasteiger charge is 2.25. The van der Waals surface area contributed by atoms with Crippen LogP contribution in [0.15, 0.2) is 83.7 Å². The molecule has 1 aromatic heterocycles. The molecule has 9 nitrogen and oxygen atoms in total. The number of carbonyl (C=O) groups is 3. The van der Waals surface area contributed by atoms with Crippen molar-refractivity contribution in [3.8, 4) is 17.1 Å². The molecule has 0 unspecified atom stereocenters. The fourth-order valence-electron chi connectivity index (χ4n) is 4.13. The lowest BCUT2D eigenvalue weighted by atomic mass is 9.94. The smallest absolute Gasteiger partial charge is 0.313 e. The molecule has 0 bridgehead atoms. The topological polar surface area (TPSA) is 123 Å². The van der Waals surface area contributed by atoms with Crippen LogP contribution < -0.4 is 20.7 Å². The standard InChI is InChI=1S/C30H29ClN4O5/c1-30(2,16-20-6-10-22(11-7-20)33-27(36)14-19-4-8-21(31)9-5-19)35-29(38)28(37)34-23-12-13-24(25(15-23)39-3)26-17-32-18-40-26/h4-13,15,17-18H,14,16H2,1-3H3,(H,33,36)(H,34,37)(H,35,38). The first-order chi connectivity index (χ1) is 19.1.